The van der Waals surface area contributed by atoms with Crippen molar-refractivity contribution in [2.75, 3.05) is 0 Å². The number of aryl methyl sites for hydroxylation is 1. The monoisotopic (exact) mass is 310 g/mol. The van der Waals surface area contributed by atoms with Crippen molar-refractivity contribution in [2.24, 2.45) is 11.7 Å². The standard InChI is InChI=1S/C16H22N2O2.ClH/c1-4-10(2)15(17)16(19)18-9-14-11(3)12-7-5-6-8-13(12)20-14;/h5-8,10,15H,4,9,17H2,1-3H3,(H,18,19);1H. The molecule has 0 saturated carbocycles. The maximum absolute atomic E-state index is 12.0. The van der Waals surface area contributed by atoms with Gasteiger partial charge in [-0.3, -0.25) is 4.79 Å². The minimum absolute atomic E-state index is 0. The number of nitrogens with two attached hydrogens (primary N) is 1. The molecule has 1 aromatic heterocycles. The van der Waals surface area contributed by atoms with Crippen molar-refractivity contribution in [1.29, 1.82) is 0 Å². The minimum Gasteiger partial charge on any atom is -0.459 e. The van der Waals surface area contributed by atoms with Crippen LogP contribution in [0.2, 0.25) is 0 Å². The first-order valence-corrected chi connectivity index (χ1v) is 7.04. The summed E-state index contributed by atoms with van der Waals surface area (Å²) in [5.74, 6) is 0.835. The van der Waals surface area contributed by atoms with Crippen LogP contribution in [-0.4, -0.2) is 11.9 Å². The first kappa shape index (κ1) is 17.5. The van der Waals surface area contributed by atoms with Crippen molar-refractivity contribution in [1.82, 2.24) is 5.32 Å². The molecule has 0 bridgehead atoms. The van der Waals surface area contributed by atoms with Crippen LogP contribution in [0.1, 0.15) is 31.6 Å². The Morgan fingerprint density at radius 2 is 2.05 bits per heavy atom. The van der Waals surface area contributed by atoms with Crippen LogP contribution in [0.25, 0.3) is 11.0 Å². The van der Waals surface area contributed by atoms with Gasteiger partial charge in [0.05, 0.1) is 12.6 Å². The van der Waals surface area contributed by atoms with Crippen LogP contribution in [0, 0.1) is 12.8 Å². The Kier molecular flexibility index (Phi) is 6.24. The second-order valence-corrected chi connectivity index (χ2v) is 5.28. The first-order chi connectivity index (χ1) is 9.54. The molecular formula is C16H23ClN2O2. The van der Waals surface area contributed by atoms with Crippen molar-refractivity contribution in [3.8, 4) is 0 Å². The number of halogens is 1. The highest BCUT2D eigenvalue weighted by Crippen LogP contribution is 2.24. The van der Waals surface area contributed by atoms with Crippen LogP contribution < -0.4 is 11.1 Å². The average molecular weight is 311 g/mol. The van der Waals surface area contributed by atoms with Crippen molar-refractivity contribution in [3.05, 3.63) is 35.6 Å². The number of hydrogen-bond donors (Lipinski definition) is 2. The Bertz CT molecular complexity index is 609. The van der Waals surface area contributed by atoms with E-state index in [0.717, 1.165) is 28.7 Å². The Hall–Kier alpha value is -1.52. The van der Waals surface area contributed by atoms with E-state index in [4.69, 9.17) is 10.2 Å². The molecule has 4 nitrogen and oxygen atoms in total. The number of amides is 1. The third-order valence-corrected chi connectivity index (χ3v) is 3.93. The molecule has 0 spiro atoms. The molecular weight excluding hydrogens is 288 g/mol. The van der Waals surface area contributed by atoms with Gasteiger partial charge in [-0.2, -0.15) is 0 Å². The minimum atomic E-state index is -0.468. The molecule has 116 valence electrons. The Labute approximate surface area is 131 Å². The fourth-order valence-corrected chi connectivity index (χ4v) is 2.19. The molecule has 0 fully saturated rings. The van der Waals surface area contributed by atoms with Gasteiger partial charge in [-0.15, -0.1) is 12.4 Å². The number of para-hydroxylation sites is 1. The fraction of sp³-hybridized carbons (Fsp3) is 0.438. The van der Waals surface area contributed by atoms with Crippen LogP contribution in [0.3, 0.4) is 0 Å². The quantitative estimate of drug-likeness (QED) is 0.891. The second kappa shape index (κ2) is 7.48. The molecule has 0 aliphatic rings. The van der Waals surface area contributed by atoms with Gasteiger partial charge < -0.3 is 15.5 Å². The molecule has 2 atom stereocenters. The molecule has 1 aromatic carbocycles. The van der Waals surface area contributed by atoms with Crippen molar-refractivity contribution in [3.63, 3.8) is 0 Å². The summed E-state index contributed by atoms with van der Waals surface area (Å²) in [6.45, 7) is 6.39. The van der Waals surface area contributed by atoms with Gasteiger partial charge in [-0.1, -0.05) is 38.5 Å². The third kappa shape index (κ3) is 3.77. The van der Waals surface area contributed by atoms with E-state index in [1.807, 2.05) is 45.0 Å². The number of furan rings is 1. The summed E-state index contributed by atoms with van der Waals surface area (Å²) in [7, 11) is 0. The highest BCUT2D eigenvalue weighted by Gasteiger charge is 2.20. The summed E-state index contributed by atoms with van der Waals surface area (Å²) in [4.78, 5) is 12.0. The summed E-state index contributed by atoms with van der Waals surface area (Å²) in [6, 6.07) is 7.39. The van der Waals surface area contributed by atoms with Gasteiger partial charge >= 0.3 is 0 Å². The Balaban J connectivity index is 0.00000220. The predicted octanol–water partition coefficient (Wildman–Crippen LogP) is 3.15. The number of carbonyl (C=O) groups is 1. The molecule has 0 aliphatic carbocycles. The van der Waals surface area contributed by atoms with E-state index >= 15 is 0 Å². The first-order valence-electron chi connectivity index (χ1n) is 7.04. The molecule has 0 radical (unpaired) electrons. The predicted molar refractivity (Wildman–Crippen MR) is 87.5 cm³/mol. The van der Waals surface area contributed by atoms with E-state index < -0.39 is 6.04 Å². The lowest BCUT2D eigenvalue weighted by Crippen LogP contribution is -2.44. The van der Waals surface area contributed by atoms with Crippen LogP contribution in [0.15, 0.2) is 28.7 Å². The Morgan fingerprint density at radius 3 is 2.67 bits per heavy atom. The zero-order chi connectivity index (χ0) is 14.7. The van der Waals surface area contributed by atoms with Gasteiger partial charge in [0.25, 0.3) is 0 Å². The van der Waals surface area contributed by atoms with Gasteiger partial charge in [-0.25, -0.2) is 0 Å². The summed E-state index contributed by atoms with van der Waals surface area (Å²) in [6.07, 6.45) is 0.887. The zero-order valence-corrected chi connectivity index (χ0v) is 13.5. The largest absolute Gasteiger partial charge is 0.459 e. The fourth-order valence-electron chi connectivity index (χ4n) is 2.19. The lowest BCUT2D eigenvalue weighted by atomic mass is 9.99. The zero-order valence-electron chi connectivity index (χ0n) is 12.7. The van der Waals surface area contributed by atoms with Crippen molar-refractivity contribution >= 4 is 29.3 Å². The average Bonchev–Trinajstić information content (AvgIpc) is 2.80. The molecule has 5 heteroatoms. The highest BCUT2D eigenvalue weighted by atomic mass is 35.5. The summed E-state index contributed by atoms with van der Waals surface area (Å²) < 4.78 is 5.76. The van der Waals surface area contributed by atoms with Gasteiger partial charge in [0.2, 0.25) is 5.91 Å². The topological polar surface area (TPSA) is 68.3 Å². The molecule has 1 heterocycles. The number of benzene rings is 1. The van der Waals surface area contributed by atoms with Crippen LogP contribution in [0.5, 0.6) is 0 Å². The molecule has 3 N–H and O–H groups in total. The van der Waals surface area contributed by atoms with Gasteiger partial charge in [0.1, 0.15) is 11.3 Å². The number of carbonyl (C=O) groups excluding carboxylic acids is 1. The summed E-state index contributed by atoms with van der Waals surface area (Å²) >= 11 is 0. The van der Waals surface area contributed by atoms with E-state index in [9.17, 15) is 4.79 Å². The Morgan fingerprint density at radius 1 is 1.38 bits per heavy atom. The summed E-state index contributed by atoms with van der Waals surface area (Å²) in [5, 5.41) is 3.94. The molecule has 1 amide bonds. The number of fused-ring (bicyclic) bond motifs is 1. The van der Waals surface area contributed by atoms with E-state index in [-0.39, 0.29) is 24.2 Å². The van der Waals surface area contributed by atoms with Gasteiger partial charge in [-0.05, 0) is 18.9 Å². The normalized spacial score (nSPS) is 13.5. The second-order valence-electron chi connectivity index (χ2n) is 5.28. The molecule has 2 aromatic rings. The van der Waals surface area contributed by atoms with E-state index in [0.29, 0.717) is 6.54 Å². The lowest BCUT2D eigenvalue weighted by molar-refractivity contribution is -0.123. The molecule has 0 aliphatic heterocycles. The van der Waals surface area contributed by atoms with E-state index in [1.165, 1.54) is 0 Å². The molecule has 21 heavy (non-hydrogen) atoms. The summed E-state index contributed by atoms with van der Waals surface area (Å²) in [5.41, 5.74) is 7.82. The van der Waals surface area contributed by atoms with Crippen molar-refractivity contribution < 1.29 is 9.21 Å². The third-order valence-electron chi connectivity index (χ3n) is 3.93. The van der Waals surface area contributed by atoms with Gasteiger partial charge in [0.15, 0.2) is 0 Å². The smallest absolute Gasteiger partial charge is 0.237 e. The lowest BCUT2D eigenvalue weighted by Gasteiger charge is -2.17. The van der Waals surface area contributed by atoms with E-state index in [1.54, 1.807) is 0 Å². The number of nitrogens with one attached hydrogen (secondary N) is 1. The maximum Gasteiger partial charge on any atom is 0.237 e. The van der Waals surface area contributed by atoms with Crippen LogP contribution >= 0.6 is 12.4 Å². The van der Waals surface area contributed by atoms with Crippen LogP contribution in [-0.2, 0) is 11.3 Å². The molecule has 2 unspecified atom stereocenters. The highest BCUT2D eigenvalue weighted by molar-refractivity contribution is 5.85. The molecule has 0 saturated heterocycles. The number of rotatable bonds is 5. The maximum atomic E-state index is 12.0. The van der Waals surface area contributed by atoms with Gasteiger partial charge in [0, 0.05) is 10.9 Å². The number of hydrogen-bond acceptors (Lipinski definition) is 3. The van der Waals surface area contributed by atoms with E-state index in [2.05, 4.69) is 5.32 Å². The SMILES string of the molecule is CCC(C)C(N)C(=O)NCc1oc2ccccc2c1C.Cl. The van der Waals surface area contributed by atoms with Crippen molar-refractivity contribution in [2.45, 2.75) is 39.8 Å². The molecule has 2 rings (SSSR count). The van der Waals surface area contributed by atoms with Crippen LogP contribution in [0.4, 0.5) is 0 Å².